The van der Waals surface area contributed by atoms with Gasteiger partial charge in [0, 0.05) is 4.47 Å². The lowest BCUT2D eigenvalue weighted by molar-refractivity contribution is 0.491. The average molecular weight is 327 g/mol. The van der Waals surface area contributed by atoms with Crippen LogP contribution in [0.25, 0.3) is 0 Å². The van der Waals surface area contributed by atoms with Crippen molar-refractivity contribution in [2.45, 2.75) is 57.7 Å². The molecule has 1 aromatic rings. The largest absolute Gasteiger partial charge is 0.543 e. The summed E-state index contributed by atoms with van der Waals surface area (Å²) in [6.07, 6.45) is 2.64. The highest BCUT2D eigenvalue weighted by atomic mass is 79.9. The van der Waals surface area contributed by atoms with Crippen LogP contribution < -0.4 is 4.43 Å². The number of hydrogen-bond acceptors (Lipinski definition) is 1. The predicted molar refractivity (Wildman–Crippen MR) is 83.9 cm³/mol. The van der Waals surface area contributed by atoms with E-state index in [4.69, 9.17) is 4.43 Å². The third-order valence-electron chi connectivity index (χ3n) is 4.16. The molecular weight excluding hydrogens is 304 g/mol. The second-order valence-electron chi connectivity index (χ2n) is 6.82. The van der Waals surface area contributed by atoms with Crippen molar-refractivity contribution in [3.8, 4) is 5.75 Å². The van der Waals surface area contributed by atoms with Crippen LogP contribution >= 0.6 is 15.9 Å². The van der Waals surface area contributed by atoms with Gasteiger partial charge >= 0.3 is 0 Å². The number of halogens is 1. The molecule has 0 bridgehead atoms. The van der Waals surface area contributed by atoms with Gasteiger partial charge in [-0.3, -0.25) is 0 Å². The van der Waals surface area contributed by atoms with Crippen LogP contribution in [0.1, 0.15) is 45.1 Å². The van der Waals surface area contributed by atoms with E-state index >= 15 is 0 Å². The van der Waals surface area contributed by atoms with Gasteiger partial charge in [0.25, 0.3) is 0 Å². The lowest BCUT2D eigenvalue weighted by Gasteiger charge is -2.36. The minimum Gasteiger partial charge on any atom is -0.543 e. The highest BCUT2D eigenvalue weighted by Crippen LogP contribution is 2.45. The van der Waals surface area contributed by atoms with Crippen molar-refractivity contribution in [3.63, 3.8) is 0 Å². The summed E-state index contributed by atoms with van der Waals surface area (Å²) in [5.41, 5.74) is 1.42. The van der Waals surface area contributed by atoms with E-state index < -0.39 is 8.32 Å². The lowest BCUT2D eigenvalue weighted by atomic mass is 10.1. The first-order valence-electron chi connectivity index (χ1n) is 6.69. The van der Waals surface area contributed by atoms with Crippen LogP contribution in [0.2, 0.25) is 18.1 Å². The molecule has 0 spiro atoms. The first-order valence-corrected chi connectivity index (χ1v) is 10.4. The molecule has 0 heterocycles. The molecule has 100 valence electrons. The second-order valence-corrected chi connectivity index (χ2v) is 12.4. The van der Waals surface area contributed by atoms with Crippen molar-refractivity contribution in [1.82, 2.24) is 0 Å². The maximum atomic E-state index is 6.36. The zero-order valence-corrected chi connectivity index (χ0v) is 14.6. The van der Waals surface area contributed by atoms with E-state index in [0.29, 0.717) is 0 Å². The molecule has 18 heavy (non-hydrogen) atoms. The SMILES string of the molecule is CC(C)(C)[Si](C)(C)Oc1ccc(Br)c(C2CC2)c1. The molecule has 0 N–H and O–H groups in total. The van der Waals surface area contributed by atoms with Crippen LogP contribution in [0.3, 0.4) is 0 Å². The van der Waals surface area contributed by atoms with Crippen LogP contribution in [-0.4, -0.2) is 8.32 Å². The molecule has 1 aliphatic carbocycles. The first-order chi connectivity index (χ1) is 8.21. The predicted octanol–water partition coefficient (Wildman–Crippen LogP) is 5.71. The van der Waals surface area contributed by atoms with Crippen LogP contribution in [0.5, 0.6) is 5.75 Å². The van der Waals surface area contributed by atoms with Gasteiger partial charge in [0.05, 0.1) is 0 Å². The highest BCUT2D eigenvalue weighted by Gasteiger charge is 2.39. The van der Waals surface area contributed by atoms with Gasteiger partial charge in [-0.15, -0.1) is 0 Å². The molecular formula is C15H23BrOSi. The van der Waals surface area contributed by atoms with Crippen molar-refractivity contribution in [3.05, 3.63) is 28.2 Å². The maximum absolute atomic E-state index is 6.36. The number of benzene rings is 1. The number of hydrogen-bond donors (Lipinski definition) is 0. The second kappa shape index (κ2) is 4.68. The molecule has 1 saturated carbocycles. The van der Waals surface area contributed by atoms with E-state index in [0.717, 1.165) is 11.7 Å². The Morgan fingerprint density at radius 3 is 2.33 bits per heavy atom. The molecule has 0 unspecified atom stereocenters. The molecule has 3 heteroatoms. The molecule has 0 atom stereocenters. The van der Waals surface area contributed by atoms with Gasteiger partial charge in [-0.25, -0.2) is 0 Å². The Labute approximate surface area is 120 Å². The summed E-state index contributed by atoms with van der Waals surface area (Å²) < 4.78 is 7.59. The zero-order chi connectivity index (χ0) is 13.6. The van der Waals surface area contributed by atoms with Crippen LogP contribution in [0, 0.1) is 0 Å². The Hall–Kier alpha value is -0.283. The van der Waals surface area contributed by atoms with Gasteiger partial charge < -0.3 is 4.43 Å². The average Bonchev–Trinajstić information content (AvgIpc) is 3.02. The minimum atomic E-state index is -1.72. The summed E-state index contributed by atoms with van der Waals surface area (Å²) >= 11 is 3.65. The topological polar surface area (TPSA) is 9.23 Å². The van der Waals surface area contributed by atoms with Gasteiger partial charge in [0.15, 0.2) is 0 Å². The number of rotatable bonds is 3. The summed E-state index contributed by atoms with van der Waals surface area (Å²) in [5, 5.41) is 0.250. The van der Waals surface area contributed by atoms with Crippen molar-refractivity contribution >= 4 is 24.2 Å². The molecule has 0 radical (unpaired) electrons. The monoisotopic (exact) mass is 326 g/mol. The summed E-state index contributed by atoms with van der Waals surface area (Å²) in [7, 11) is -1.72. The van der Waals surface area contributed by atoms with Gasteiger partial charge in [0.1, 0.15) is 5.75 Å². The summed E-state index contributed by atoms with van der Waals surface area (Å²) in [5.74, 6) is 1.80. The smallest absolute Gasteiger partial charge is 0.250 e. The van der Waals surface area contributed by atoms with E-state index in [9.17, 15) is 0 Å². The van der Waals surface area contributed by atoms with Gasteiger partial charge in [0.2, 0.25) is 8.32 Å². The third-order valence-corrected chi connectivity index (χ3v) is 9.24. The lowest BCUT2D eigenvalue weighted by Crippen LogP contribution is -2.43. The fourth-order valence-electron chi connectivity index (χ4n) is 1.74. The summed E-state index contributed by atoms with van der Waals surface area (Å²) in [6, 6.07) is 6.47. The van der Waals surface area contributed by atoms with Gasteiger partial charge in [-0.05, 0) is 60.7 Å². The molecule has 1 nitrogen and oxygen atoms in total. The zero-order valence-electron chi connectivity index (χ0n) is 12.0. The van der Waals surface area contributed by atoms with Crippen molar-refractivity contribution < 1.29 is 4.43 Å². The minimum absolute atomic E-state index is 0.250. The Bertz CT molecular complexity index is 444. The molecule has 1 fully saturated rings. The molecule has 0 amide bonds. The molecule has 1 aromatic carbocycles. The van der Waals surface area contributed by atoms with Crippen LogP contribution in [0.4, 0.5) is 0 Å². The Morgan fingerprint density at radius 2 is 1.83 bits per heavy atom. The maximum Gasteiger partial charge on any atom is 0.250 e. The first kappa shape index (κ1) is 14.1. The normalized spacial score (nSPS) is 16.8. The Morgan fingerprint density at radius 1 is 1.22 bits per heavy atom. The molecule has 0 aliphatic heterocycles. The van der Waals surface area contributed by atoms with Crippen molar-refractivity contribution in [1.29, 1.82) is 0 Å². The molecule has 1 aliphatic rings. The van der Waals surface area contributed by atoms with Crippen molar-refractivity contribution in [2.24, 2.45) is 0 Å². The van der Waals surface area contributed by atoms with Gasteiger partial charge in [-0.1, -0.05) is 36.7 Å². The summed E-state index contributed by atoms with van der Waals surface area (Å²) in [4.78, 5) is 0. The van der Waals surface area contributed by atoms with Gasteiger partial charge in [-0.2, -0.15) is 0 Å². The third kappa shape index (κ3) is 2.99. The van der Waals surface area contributed by atoms with E-state index in [1.54, 1.807) is 0 Å². The fourth-order valence-corrected chi connectivity index (χ4v) is 3.33. The molecule has 0 saturated heterocycles. The highest BCUT2D eigenvalue weighted by molar-refractivity contribution is 9.10. The Kier molecular flexibility index (Phi) is 3.67. The fraction of sp³-hybridized carbons (Fsp3) is 0.600. The quantitative estimate of drug-likeness (QED) is 0.646. The molecule has 2 rings (SSSR count). The van der Waals surface area contributed by atoms with E-state index in [1.807, 2.05) is 0 Å². The Balaban J connectivity index is 2.22. The standard InChI is InChI=1S/C15H23BrOSi/c1-15(2,3)18(4,5)17-12-8-9-14(16)13(10-12)11-6-7-11/h8-11H,6-7H2,1-5H3. The summed E-state index contributed by atoms with van der Waals surface area (Å²) in [6.45, 7) is 11.4. The van der Waals surface area contributed by atoms with Crippen LogP contribution in [0.15, 0.2) is 22.7 Å². The van der Waals surface area contributed by atoms with E-state index in [2.05, 4.69) is 68.0 Å². The van der Waals surface area contributed by atoms with E-state index in [-0.39, 0.29) is 5.04 Å². The van der Waals surface area contributed by atoms with E-state index in [1.165, 1.54) is 22.9 Å². The van der Waals surface area contributed by atoms with Crippen molar-refractivity contribution in [2.75, 3.05) is 0 Å². The molecule has 0 aromatic heterocycles. The van der Waals surface area contributed by atoms with Crippen LogP contribution in [-0.2, 0) is 0 Å².